The van der Waals surface area contributed by atoms with Crippen molar-refractivity contribution in [3.63, 3.8) is 0 Å². The summed E-state index contributed by atoms with van der Waals surface area (Å²) in [5, 5.41) is 6.47. The Kier molecular flexibility index (Phi) is 4.70. The lowest BCUT2D eigenvalue weighted by Crippen LogP contribution is -2.48. The average molecular weight is 302 g/mol. The van der Waals surface area contributed by atoms with E-state index in [0.29, 0.717) is 37.3 Å². The van der Waals surface area contributed by atoms with E-state index < -0.39 is 0 Å². The second kappa shape index (κ2) is 6.89. The molecule has 0 saturated carbocycles. The van der Waals surface area contributed by atoms with Gasteiger partial charge in [-0.2, -0.15) is 0 Å². The van der Waals surface area contributed by atoms with Crippen molar-refractivity contribution in [1.29, 1.82) is 0 Å². The predicted octanol–water partition coefficient (Wildman–Crippen LogP) is -0.223. The van der Waals surface area contributed by atoms with Crippen molar-refractivity contribution >= 4 is 11.8 Å². The lowest BCUT2D eigenvalue weighted by atomic mass is 10.0. The van der Waals surface area contributed by atoms with Gasteiger partial charge in [0.05, 0.1) is 11.1 Å². The van der Waals surface area contributed by atoms with E-state index >= 15 is 0 Å². The minimum absolute atomic E-state index is 0.0411. The molecule has 2 heterocycles. The second-order valence-corrected chi connectivity index (χ2v) is 5.63. The van der Waals surface area contributed by atoms with Gasteiger partial charge in [0.2, 0.25) is 0 Å². The third-order valence-corrected chi connectivity index (χ3v) is 4.20. The minimum Gasteiger partial charge on any atom is -0.336 e. The molecule has 3 rings (SSSR count). The monoisotopic (exact) mass is 302 g/mol. The fourth-order valence-corrected chi connectivity index (χ4v) is 2.93. The summed E-state index contributed by atoms with van der Waals surface area (Å²) in [6, 6.07) is 7.17. The Morgan fingerprint density at radius 3 is 1.45 bits per heavy atom. The van der Waals surface area contributed by atoms with Crippen LogP contribution in [0.25, 0.3) is 0 Å². The molecule has 1 aromatic rings. The van der Waals surface area contributed by atoms with Crippen molar-refractivity contribution < 1.29 is 9.59 Å². The van der Waals surface area contributed by atoms with Gasteiger partial charge in [-0.1, -0.05) is 12.1 Å². The highest BCUT2D eigenvalue weighted by Crippen LogP contribution is 2.15. The van der Waals surface area contributed by atoms with E-state index in [1.807, 2.05) is 21.9 Å². The van der Waals surface area contributed by atoms with Crippen LogP contribution < -0.4 is 10.6 Å². The predicted molar refractivity (Wildman–Crippen MR) is 84.0 cm³/mol. The molecule has 0 aliphatic carbocycles. The number of carbonyl (C=O) groups excluding carboxylic acids is 2. The number of hydrogen-bond donors (Lipinski definition) is 2. The van der Waals surface area contributed by atoms with Crippen molar-refractivity contribution in [2.75, 3.05) is 52.4 Å². The molecule has 2 fully saturated rings. The first kappa shape index (κ1) is 15.0. The highest BCUT2D eigenvalue weighted by molar-refractivity contribution is 6.07. The van der Waals surface area contributed by atoms with E-state index in [4.69, 9.17) is 0 Å². The van der Waals surface area contributed by atoms with E-state index in [9.17, 15) is 9.59 Å². The maximum Gasteiger partial charge on any atom is 0.254 e. The van der Waals surface area contributed by atoms with Crippen LogP contribution in [0.15, 0.2) is 24.3 Å². The summed E-state index contributed by atoms with van der Waals surface area (Å²) in [6.07, 6.45) is 0. The summed E-state index contributed by atoms with van der Waals surface area (Å²) < 4.78 is 0. The molecule has 2 N–H and O–H groups in total. The minimum atomic E-state index is -0.0411. The molecule has 2 aliphatic rings. The van der Waals surface area contributed by atoms with Crippen LogP contribution in [0.4, 0.5) is 0 Å². The fourth-order valence-electron chi connectivity index (χ4n) is 2.93. The van der Waals surface area contributed by atoms with E-state index in [1.165, 1.54) is 0 Å². The van der Waals surface area contributed by atoms with Gasteiger partial charge in [0.1, 0.15) is 0 Å². The third-order valence-electron chi connectivity index (χ3n) is 4.20. The highest BCUT2D eigenvalue weighted by atomic mass is 16.2. The van der Waals surface area contributed by atoms with Crippen LogP contribution in [-0.2, 0) is 0 Å². The summed E-state index contributed by atoms with van der Waals surface area (Å²) in [6.45, 7) is 5.98. The van der Waals surface area contributed by atoms with E-state index in [-0.39, 0.29) is 11.8 Å². The van der Waals surface area contributed by atoms with Crippen molar-refractivity contribution in [3.8, 4) is 0 Å². The Morgan fingerprint density at radius 2 is 1.09 bits per heavy atom. The molecular formula is C16H22N4O2. The molecule has 0 spiro atoms. The van der Waals surface area contributed by atoms with Gasteiger partial charge in [-0.05, 0) is 12.1 Å². The molecule has 6 nitrogen and oxygen atoms in total. The van der Waals surface area contributed by atoms with Gasteiger partial charge < -0.3 is 20.4 Å². The van der Waals surface area contributed by atoms with Crippen molar-refractivity contribution in [2.24, 2.45) is 0 Å². The van der Waals surface area contributed by atoms with Crippen LogP contribution in [0.2, 0.25) is 0 Å². The molecular weight excluding hydrogens is 280 g/mol. The summed E-state index contributed by atoms with van der Waals surface area (Å²) in [4.78, 5) is 29.1. The molecule has 118 valence electrons. The van der Waals surface area contributed by atoms with Gasteiger partial charge in [-0.3, -0.25) is 9.59 Å². The summed E-state index contributed by atoms with van der Waals surface area (Å²) >= 11 is 0. The zero-order chi connectivity index (χ0) is 15.4. The van der Waals surface area contributed by atoms with Crippen LogP contribution in [-0.4, -0.2) is 74.0 Å². The maximum absolute atomic E-state index is 12.7. The fraction of sp³-hybridized carbons (Fsp3) is 0.500. The first-order chi connectivity index (χ1) is 10.8. The zero-order valence-electron chi connectivity index (χ0n) is 12.7. The number of benzene rings is 1. The zero-order valence-corrected chi connectivity index (χ0v) is 12.7. The van der Waals surface area contributed by atoms with Gasteiger partial charge in [-0.15, -0.1) is 0 Å². The van der Waals surface area contributed by atoms with Gasteiger partial charge in [-0.25, -0.2) is 0 Å². The Bertz CT molecular complexity index is 500. The van der Waals surface area contributed by atoms with Crippen molar-refractivity contribution in [3.05, 3.63) is 35.4 Å². The molecule has 2 amide bonds. The van der Waals surface area contributed by atoms with Gasteiger partial charge in [0, 0.05) is 52.4 Å². The number of nitrogens with one attached hydrogen (secondary N) is 2. The van der Waals surface area contributed by atoms with E-state index in [0.717, 1.165) is 26.2 Å². The number of carbonyl (C=O) groups is 2. The van der Waals surface area contributed by atoms with Crippen molar-refractivity contribution in [2.45, 2.75) is 0 Å². The van der Waals surface area contributed by atoms with Crippen LogP contribution >= 0.6 is 0 Å². The average Bonchev–Trinajstić information content (AvgIpc) is 2.62. The molecule has 2 saturated heterocycles. The lowest BCUT2D eigenvalue weighted by molar-refractivity contribution is 0.0696. The second-order valence-electron chi connectivity index (χ2n) is 5.63. The molecule has 0 radical (unpaired) electrons. The SMILES string of the molecule is O=C(c1ccccc1C(=O)N1CCNCC1)N1CCNCC1. The Balaban J connectivity index is 1.82. The number of hydrogen-bond acceptors (Lipinski definition) is 4. The lowest BCUT2D eigenvalue weighted by Gasteiger charge is -2.30. The largest absolute Gasteiger partial charge is 0.336 e. The number of rotatable bonds is 2. The quantitative estimate of drug-likeness (QED) is 0.793. The molecule has 6 heteroatoms. The third kappa shape index (κ3) is 3.13. The Hall–Kier alpha value is -1.92. The summed E-state index contributed by atoms with van der Waals surface area (Å²) in [5.74, 6) is -0.0823. The van der Waals surface area contributed by atoms with Crippen LogP contribution in [0.1, 0.15) is 20.7 Å². The summed E-state index contributed by atoms with van der Waals surface area (Å²) in [7, 11) is 0. The Morgan fingerprint density at radius 1 is 0.727 bits per heavy atom. The molecule has 0 bridgehead atoms. The molecule has 2 aliphatic heterocycles. The normalized spacial score (nSPS) is 19.1. The first-order valence-electron chi connectivity index (χ1n) is 7.86. The summed E-state index contributed by atoms with van der Waals surface area (Å²) in [5.41, 5.74) is 1.04. The Labute approximate surface area is 130 Å². The van der Waals surface area contributed by atoms with Gasteiger partial charge in [0.25, 0.3) is 11.8 Å². The number of amides is 2. The van der Waals surface area contributed by atoms with Crippen molar-refractivity contribution in [1.82, 2.24) is 20.4 Å². The highest BCUT2D eigenvalue weighted by Gasteiger charge is 2.25. The van der Waals surface area contributed by atoms with Gasteiger partial charge >= 0.3 is 0 Å². The van der Waals surface area contributed by atoms with Gasteiger partial charge in [0.15, 0.2) is 0 Å². The van der Waals surface area contributed by atoms with Crippen LogP contribution in [0, 0.1) is 0 Å². The standard InChI is InChI=1S/C16H22N4O2/c21-15(19-9-5-17-6-10-19)13-3-1-2-4-14(13)16(22)20-11-7-18-8-12-20/h1-4,17-18H,5-12H2. The van der Waals surface area contributed by atoms with Crippen LogP contribution in [0.5, 0.6) is 0 Å². The topological polar surface area (TPSA) is 64.7 Å². The number of piperazine rings is 2. The first-order valence-corrected chi connectivity index (χ1v) is 7.86. The van der Waals surface area contributed by atoms with E-state index in [2.05, 4.69) is 10.6 Å². The molecule has 0 atom stereocenters. The molecule has 0 unspecified atom stereocenters. The van der Waals surface area contributed by atoms with E-state index in [1.54, 1.807) is 12.1 Å². The number of nitrogens with zero attached hydrogens (tertiary/aromatic N) is 2. The molecule has 22 heavy (non-hydrogen) atoms. The molecule has 0 aromatic heterocycles. The maximum atomic E-state index is 12.7. The molecule has 1 aromatic carbocycles. The van der Waals surface area contributed by atoms with Crippen LogP contribution in [0.3, 0.4) is 0 Å². The smallest absolute Gasteiger partial charge is 0.254 e.